The SMILES string of the molecule is COC(=O)c1occc1COc1cc([N+](=O)[O-])ccc1OC. The number of carbonyl (C=O) groups is 1. The molecule has 0 fully saturated rings. The fourth-order valence-corrected chi connectivity index (χ4v) is 1.77. The van der Waals surface area contributed by atoms with E-state index in [1.54, 1.807) is 6.07 Å². The number of methoxy groups -OCH3 is 2. The van der Waals surface area contributed by atoms with Crippen LogP contribution in [0.1, 0.15) is 16.1 Å². The summed E-state index contributed by atoms with van der Waals surface area (Å²) in [5, 5.41) is 10.8. The molecule has 1 heterocycles. The molecule has 0 aliphatic carbocycles. The number of furan rings is 1. The molecule has 0 saturated heterocycles. The second kappa shape index (κ2) is 6.61. The Morgan fingerprint density at radius 2 is 2.05 bits per heavy atom. The van der Waals surface area contributed by atoms with E-state index in [-0.39, 0.29) is 23.8 Å². The van der Waals surface area contributed by atoms with E-state index in [1.807, 2.05) is 0 Å². The van der Waals surface area contributed by atoms with Gasteiger partial charge in [0.25, 0.3) is 5.69 Å². The van der Waals surface area contributed by atoms with Gasteiger partial charge in [0.05, 0.1) is 31.5 Å². The minimum atomic E-state index is -0.630. The Labute approximate surface area is 125 Å². The average molecular weight is 307 g/mol. The molecule has 1 aromatic heterocycles. The quantitative estimate of drug-likeness (QED) is 0.459. The highest BCUT2D eigenvalue weighted by atomic mass is 16.6. The van der Waals surface area contributed by atoms with Crippen molar-refractivity contribution < 1.29 is 28.3 Å². The smallest absolute Gasteiger partial charge is 0.374 e. The monoisotopic (exact) mass is 307 g/mol. The van der Waals surface area contributed by atoms with E-state index in [4.69, 9.17) is 13.9 Å². The molecule has 116 valence electrons. The molecular weight excluding hydrogens is 294 g/mol. The molecule has 0 spiro atoms. The largest absolute Gasteiger partial charge is 0.493 e. The van der Waals surface area contributed by atoms with Gasteiger partial charge in [-0.2, -0.15) is 0 Å². The highest BCUT2D eigenvalue weighted by Crippen LogP contribution is 2.32. The highest BCUT2D eigenvalue weighted by molar-refractivity contribution is 5.87. The lowest BCUT2D eigenvalue weighted by atomic mass is 10.2. The third kappa shape index (κ3) is 3.17. The highest BCUT2D eigenvalue weighted by Gasteiger charge is 2.18. The number of hydrogen-bond acceptors (Lipinski definition) is 7. The maximum atomic E-state index is 11.5. The average Bonchev–Trinajstić information content (AvgIpc) is 3.00. The Balaban J connectivity index is 2.21. The van der Waals surface area contributed by atoms with Crippen LogP contribution < -0.4 is 9.47 Å². The maximum Gasteiger partial charge on any atom is 0.374 e. The predicted octanol–water partition coefficient (Wildman–Crippen LogP) is 2.56. The van der Waals surface area contributed by atoms with Gasteiger partial charge in [0.2, 0.25) is 5.76 Å². The Bertz CT molecular complexity index is 692. The van der Waals surface area contributed by atoms with Gasteiger partial charge in [-0.1, -0.05) is 0 Å². The molecule has 2 aromatic rings. The predicted molar refractivity (Wildman–Crippen MR) is 74.0 cm³/mol. The zero-order valence-electron chi connectivity index (χ0n) is 11.9. The number of rotatable bonds is 6. The number of carbonyl (C=O) groups excluding carboxylic acids is 1. The number of nitro benzene ring substituents is 1. The van der Waals surface area contributed by atoms with Gasteiger partial charge in [-0.25, -0.2) is 4.79 Å². The van der Waals surface area contributed by atoms with Crippen molar-refractivity contribution in [3.8, 4) is 11.5 Å². The second-order valence-corrected chi connectivity index (χ2v) is 4.15. The van der Waals surface area contributed by atoms with Crippen LogP contribution in [0.4, 0.5) is 5.69 Å². The Morgan fingerprint density at radius 1 is 1.27 bits per heavy atom. The van der Waals surface area contributed by atoms with Crippen molar-refractivity contribution in [1.82, 2.24) is 0 Å². The van der Waals surface area contributed by atoms with Crippen molar-refractivity contribution >= 4 is 11.7 Å². The Hall–Kier alpha value is -3.03. The van der Waals surface area contributed by atoms with Gasteiger partial charge in [-0.15, -0.1) is 0 Å². The first-order chi connectivity index (χ1) is 10.6. The lowest BCUT2D eigenvalue weighted by Gasteiger charge is -2.10. The van der Waals surface area contributed by atoms with Gasteiger partial charge in [-0.05, 0) is 12.1 Å². The summed E-state index contributed by atoms with van der Waals surface area (Å²) in [5.74, 6) is -0.0797. The fraction of sp³-hybridized carbons (Fsp3) is 0.214. The molecule has 0 N–H and O–H groups in total. The van der Waals surface area contributed by atoms with Gasteiger partial charge in [0.1, 0.15) is 6.61 Å². The molecule has 0 bridgehead atoms. The normalized spacial score (nSPS) is 10.1. The van der Waals surface area contributed by atoms with E-state index < -0.39 is 10.9 Å². The molecular formula is C14H13NO7. The third-order valence-corrected chi connectivity index (χ3v) is 2.86. The number of non-ortho nitro benzene ring substituents is 1. The molecule has 0 aliphatic heterocycles. The summed E-state index contributed by atoms with van der Waals surface area (Å²) in [6, 6.07) is 5.54. The van der Waals surface area contributed by atoms with Crippen molar-refractivity contribution in [3.05, 3.63) is 52.0 Å². The van der Waals surface area contributed by atoms with Crippen LogP contribution >= 0.6 is 0 Å². The van der Waals surface area contributed by atoms with Gasteiger partial charge in [-0.3, -0.25) is 10.1 Å². The van der Waals surface area contributed by atoms with Crippen LogP contribution in [0.25, 0.3) is 0 Å². The number of ether oxygens (including phenoxy) is 3. The molecule has 0 unspecified atom stereocenters. The Morgan fingerprint density at radius 3 is 2.68 bits per heavy atom. The van der Waals surface area contributed by atoms with Crippen molar-refractivity contribution in [2.24, 2.45) is 0 Å². The summed E-state index contributed by atoms with van der Waals surface area (Å²) >= 11 is 0. The summed E-state index contributed by atoms with van der Waals surface area (Å²) in [5.41, 5.74) is 0.330. The number of esters is 1. The van der Waals surface area contributed by atoms with E-state index >= 15 is 0 Å². The first-order valence-electron chi connectivity index (χ1n) is 6.16. The third-order valence-electron chi connectivity index (χ3n) is 2.86. The van der Waals surface area contributed by atoms with Crippen LogP contribution in [0.3, 0.4) is 0 Å². The Kier molecular flexibility index (Phi) is 4.62. The topological polar surface area (TPSA) is 101 Å². The van der Waals surface area contributed by atoms with Crippen molar-refractivity contribution in [2.45, 2.75) is 6.61 Å². The van der Waals surface area contributed by atoms with E-state index in [1.165, 1.54) is 38.7 Å². The van der Waals surface area contributed by atoms with Gasteiger partial charge >= 0.3 is 5.97 Å². The molecule has 22 heavy (non-hydrogen) atoms. The van der Waals surface area contributed by atoms with E-state index in [0.717, 1.165) is 0 Å². The molecule has 0 saturated carbocycles. The summed E-state index contributed by atoms with van der Waals surface area (Å²) in [6.07, 6.45) is 1.33. The van der Waals surface area contributed by atoms with Gasteiger partial charge < -0.3 is 18.6 Å². The molecule has 2 rings (SSSR count). The second-order valence-electron chi connectivity index (χ2n) is 4.15. The molecule has 1 aromatic carbocycles. The summed E-state index contributed by atoms with van der Waals surface area (Å²) in [6.45, 7) is -0.0293. The standard InChI is InChI=1S/C14H13NO7/c1-19-11-4-3-10(15(17)18)7-12(11)22-8-9-5-6-21-13(9)14(16)20-2/h3-7H,8H2,1-2H3. The molecule has 0 radical (unpaired) electrons. The lowest BCUT2D eigenvalue weighted by Crippen LogP contribution is -2.06. The van der Waals surface area contributed by atoms with Gasteiger partial charge in [0.15, 0.2) is 11.5 Å². The van der Waals surface area contributed by atoms with Crippen LogP contribution in [0.2, 0.25) is 0 Å². The maximum absolute atomic E-state index is 11.5. The van der Waals surface area contributed by atoms with E-state index in [0.29, 0.717) is 11.3 Å². The summed E-state index contributed by atoms with van der Waals surface area (Å²) in [7, 11) is 2.66. The summed E-state index contributed by atoms with van der Waals surface area (Å²) in [4.78, 5) is 21.8. The number of benzene rings is 1. The minimum absolute atomic E-state index is 0.0203. The van der Waals surface area contributed by atoms with Crippen LogP contribution in [-0.2, 0) is 11.3 Å². The molecule has 0 amide bonds. The van der Waals surface area contributed by atoms with Crippen LogP contribution in [0.15, 0.2) is 34.9 Å². The summed E-state index contributed by atoms with van der Waals surface area (Å²) < 4.78 is 20.2. The minimum Gasteiger partial charge on any atom is -0.493 e. The van der Waals surface area contributed by atoms with Crippen molar-refractivity contribution in [2.75, 3.05) is 14.2 Å². The van der Waals surface area contributed by atoms with Crippen molar-refractivity contribution in [3.63, 3.8) is 0 Å². The van der Waals surface area contributed by atoms with Gasteiger partial charge in [0, 0.05) is 11.6 Å². The zero-order chi connectivity index (χ0) is 16.1. The van der Waals surface area contributed by atoms with Crippen LogP contribution in [0.5, 0.6) is 11.5 Å². The lowest BCUT2D eigenvalue weighted by molar-refractivity contribution is -0.385. The number of nitrogens with zero attached hydrogens (tertiary/aromatic N) is 1. The first-order valence-corrected chi connectivity index (χ1v) is 6.16. The molecule has 8 heteroatoms. The van der Waals surface area contributed by atoms with E-state index in [2.05, 4.69) is 4.74 Å². The van der Waals surface area contributed by atoms with E-state index in [9.17, 15) is 14.9 Å². The molecule has 0 atom stereocenters. The van der Waals surface area contributed by atoms with Crippen LogP contribution in [0, 0.1) is 10.1 Å². The molecule has 8 nitrogen and oxygen atoms in total. The number of hydrogen-bond donors (Lipinski definition) is 0. The number of nitro groups is 1. The molecule has 0 aliphatic rings. The fourth-order valence-electron chi connectivity index (χ4n) is 1.77. The first kappa shape index (κ1) is 15.4. The zero-order valence-corrected chi connectivity index (χ0v) is 11.9. The van der Waals surface area contributed by atoms with Crippen LogP contribution in [-0.4, -0.2) is 25.1 Å². The van der Waals surface area contributed by atoms with Crippen molar-refractivity contribution in [1.29, 1.82) is 0 Å².